The molecule has 2 nitrogen and oxygen atoms in total. The number of fused-ring (bicyclic) bond motifs is 2. The predicted molar refractivity (Wildman–Crippen MR) is 81.3 cm³/mol. The first-order valence-electron chi connectivity index (χ1n) is 8.69. The van der Waals surface area contributed by atoms with Crippen molar-refractivity contribution in [2.24, 2.45) is 28.6 Å². The van der Waals surface area contributed by atoms with E-state index < -0.39 is 5.79 Å². The lowest BCUT2D eigenvalue weighted by Gasteiger charge is -2.46. The number of hydrogen-bond donors (Lipinski definition) is 1. The van der Waals surface area contributed by atoms with Gasteiger partial charge in [0, 0.05) is 19.4 Å². The summed E-state index contributed by atoms with van der Waals surface area (Å²) in [7, 11) is 0. The van der Waals surface area contributed by atoms with Gasteiger partial charge in [-0.3, -0.25) is 0 Å². The average molecular weight is 280 g/mol. The zero-order valence-corrected chi connectivity index (χ0v) is 13.7. The van der Waals surface area contributed by atoms with Crippen molar-refractivity contribution < 1.29 is 9.84 Å². The lowest BCUT2D eigenvalue weighted by atomic mass is 9.61. The van der Waals surface area contributed by atoms with Gasteiger partial charge in [0.25, 0.3) is 0 Å². The van der Waals surface area contributed by atoms with Gasteiger partial charge in [-0.1, -0.05) is 20.8 Å². The van der Waals surface area contributed by atoms with Gasteiger partial charge >= 0.3 is 0 Å². The quantitative estimate of drug-likeness (QED) is 0.778. The highest BCUT2D eigenvalue weighted by Gasteiger charge is 2.62. The van der Waals surface area contributed by atoms with E-state index in [2.05, 4.69) is 20.8 Å². The molecule has 3 aliphatic rings. The van der Waals surface area contributed by atoms with Crippen LogP contribution in [0, 0.1) is 28.6 Å². The van der Waals surface area contributed by atoms with Crippen LogP contribution < -0.4 is 0 Å². The van der Waals surface area contributed by atoms with Gasteiger partial charge in [0.05, 0.1) is 0 Å². The minimum atomic E-state index is -0.820. The molecule has 116 valence electrons. The summed E-state index contributed by atoms with van der Waals surface area (Å²) in [6.45, 7) is 10.2. The van der Waals surface area contributed by atoms with Crippen molar-refractivity contribution in [1.82, 2.24) is 0 Å². The van der Waals surface area contributed by atoms with Crippen molar-refractivity contribution in [2.45, 2.75) is 78.4 Å². The molecule has 3 rings (SSSR count). The fourth-order valence-corrected chi connectivity index (χ4v) is 5.88. The van der Waals surface area contributed by atoms with Crippen molar-refractivity contribution in [1.29, 1.82) is 0 Å². The Labute approximate surface area is 124 Å². The van der Waals surface area contributed by atoms with E-state index in [0.717, 1.165) is 43.4 Å². The van der Waals surface area contributed by atoms with E-state index in [9.17, 15) is 5.11 Å². The van der Waals surface area contributed by atoms with Crippen molar-refractivity contribution >= 4 is 0 Å². The van der Waals surface area contributed by atoms with Crippen LogP contribution in [0.3, 0.4) is 0 Å². The number of ether oxygens (including phenoxy) is 1. The van der Waals surface area contributed by atoms with Gasteiger partial charge in [-0.2, -0.15) is 0 Å². The lowest BCUT2D eigenvalue weighted by Crippen LogP contribution is -2.42. The highest BCUT2D eigenvalue weighted by Crippen LogP contribution is 2.70. The molecule has 1 N–H and O–H groups in total. The van der Waals surface area contributed by atoms with Gasteiger partial charge in [0.1, 0.15) is 0 Å². The molecule has 2 heteroatoms. The smallest absolute Gasteiger partial charge is 0.165 e. The second kappa shape index (κ2) is 4.71. The van der Waals surface area contributed by atoms with Crippen LogP contribution in [0.2, 0.25) is 0 Å². The predicted octanol–water partition coefficient (Wildman–Crippen LogP) is 4.36. The Bertz CT molecular complexity index is 368. The molecule has 0 aromatic carbocycles. The highest BCUT2D eigenvalue weighted by atomic mass is 16.6. The SMILES string of the molecule is CCOC1(O)CCC([C@H]2C[C@@H]3CC[C@@]2(C)C3(C)C)CC1. The molecular weight excluding hydrogens is 248 g/mol. The fourth-order valence-electron chi connectivity index (χ4n) is 5.88. The third-order valence-electron chi connectivity index (χ3n) is 7.66. The normalized spacial score (nSPS) is 50.5. The Hall–Kier alpha value is -0.0800. The van der Waals surface area contributed by atoms with E-state index in [1.807, 2.05) is 6.92 Å². The summed E-state index contributed by atoms with van der Waals surface area (Å²) in [6.07, 6.45) is 8.27. The summed E-state index contributed by atoms with van der Waals surface area (Å²) in [5.74, 6) is 1.80. The molecule has 3 aliphatic carbocycles. The molecule has 0 aromatic rings. The maximum atomic E-state index is 10.4. The van der Waals surface area contributed by atoms with Gasteiger partial charge in [-0.25, -0.2) is 0 Å². The fraction of sp³-hybridized carbons (Fsp3) is 1.00. The Morgan fingerprint density at radius 2 is 1.70 bits per heavy atom. The topological polar surface area (TPSA) is 29.5 Å². The molecule has 0 spiro atoms. The summed E-state index contributed by atoms with van der Waals surface area (Å²) in [4.78, 5) is 0. The summed E-state index contributed by atoms with van der Waals surface area (Å²) in [6, 6.07) is 0. The van der Waals surface area contributed by atoms with Crippen molar-refractivity contribution in [2.75, 3.05) is 6.61 Å². The molecule has 3 saturated carbocycles. The molecule has 0 amide bonds. The second-order valence-electron chi connectivity index (χ2n) is 8.43. The van der Waals surface area contributed by atoms with Crippen LogP contribution in [0.25, 0.3) is 0 Å². The third-order valence-corrected chi connectivity index (χ3v) is 7.66. The van der Waals surface area contributed by atoms with Crippen LogP contribution in [-0.4, -0.2) is 17.5 Å². The Kier molecular flexibility index (Phi) is 3.49. The minimum Gasteiger partial charge on any atom is -0.365 e. The van der Waals surface area contributed by atoms with E-state index in [0.29, 0.717) is 17.4 Å². The molecule has 0 aromatic heterocycles. The lowest BCUT2D eigenvalue weighted by molar-refractivity contribution is -0.225. The Morgan fingerprint density at radius 1 is 1.05 bits per heavy atom. The van der Waals surface area contributed by atoms with Gasteiger partial charge in [-0.05, 0) is 67.6 Å². The maximum Gasteiger partial charge on any atom is 0.165 e. The van der Waals surface area contributed by atoms with Crippen LogP contribution >= 0.6 is 0 Å². The number of rotatable bonds is 3. The van der Waals surface area contributed by atoms with E-state index in [1.165, 1.54) is 19.3 Å². The summed E-state index contributed by atoms with van der Waals surface area (Å²) in [5, 5.41) is 10.4. The molecular formula is C18H32O2. The summed E-state index contributed by atoms with van der Waals surface area (Å²) in [5.41, 5.74) is 1.05. The molecule has 0 heterocycles. The van der Waals surface area contributed by atoms with Crippen LogP contribution in [0.1, 0.15) is 72.6 Å². The first-order chi connectivity index (χ1) is 9.32. The molecule has 0 unspecified atom stereocenters. The minimum absolute atomic E-state index is 0.519. The number of aliphatic hydroxyl groups is 1. The van der Waals surface area contributed by atoms with Crippen molar-refractivity contribution in [3.05, 3.63) is 0 Å². The molecule has 0 saturated heterocycles. The monoisotopic (exact) mass is 280 g/mol. The first kappa shape index (κ1) is 14.8. The summed E-state index contributed by atoms with van der Waals surface area (Å²) >= 11 is 0. The molecule has 2 bridgehead atoms. The molecule has 20 heavy (non-hydrogen) atoms. The second-order valence-corrected chi connectivity index (χ2v) is 8.43. The molecule has 0 aliphatic heterocycles. The zero-order valence-electron chi connectivity index (χ0n) is 13.7. The van der Waals surface area contributed by atoms with Crippen LogP contribution in [-0.2, 0) is 4.74 Å². The Balaban J connectivity index is 1.68. The van der Waals surface area contributed by atoms with E-state index >= 15 is 0 Å². The Morgan fingerprint density at radius 3 is 2.15 bits per heavy atom. The highest BCUT2D eigenvalue weighted by molar-refractivity contribution is 5.11. The van der Waals surface area contributed by atoms with Crippen molar-refractivity contribution in [3.8, 4) is 0 Å². The van der Waals surface area contributed by atoms with Gasteiger partial charge in [0.2, 0.25) is 0 Å². The van der Waals surface area contributed by atoms with Crippen LogP contribution in [0.5, 0.6) is 0 Å². The van der Waals surface area contributed by atoms with Crippen molar-refractivity contribution in [3.63, 3.8) is 0 Å². The molecule has 3 fully saturated rings. The standard InChI is InChI=1S/C18H32O2/c1-5-20-18(19)10-6-13(7-11-18)15-12-14-8-9-17(15,4)16(14,2)3/h13-15,19H,5-12H2,1-4H3/t13?,14-,15+,17+,18?/m0/s1. The largest absolute Gasteiger partial charge is 0.365 e. The van der Waals surface area contributed by atoms with E-state index in [-0.39, 0.29) is 0 Å². The average Bonchev–Trinajstić information content (AvgIpc) is 2.72. The van der Waals surface area contributed by atoms with Gasteiger partial charge < -0.3 is 9.84 Å². The van der Waals surface area contributed by atoms with Gasteiger partial charge in [-0.15, -0.1) is 0 Å². The summed E-state index contributed by atoms with van der Waals surface area (Å²) < 4.78 is 5.56. The third kappa shape index (κ3) is 1.98. The van der Waals surface area contributed by atoms with Gasteiger partial charge in [0.15, 0.2) is 5.79 Å². The number of hydrogen-bond acceptors (Lipinski definition) is 2. The van der Waals surface area contributed by atoms with Crippen LogP contribution in [0.4, 0.5) is 0 Å². The first-order valence-corrected chi connectivity index (χ1v) is 8.69. The van der Waals surface area contributed by atoms with Crippen LogP contribution in [0.15, 0.2) is 0 Å². The molecule has 0 radical (unpaired) electrons. The molecule has 3 atom stereocenters. The van der Waals surface area contributed by atoms with E-state index in [4.69, 9.17) is 4.74 Å². The zero-order chi connectivity index (χ0) is 14.6. The van der Waals surface area contributed by atoms with E-state index in [1.54, 1.807) is 0 Å². The maximum absolute atomic E-state index is 10.4.